The zero-order valence-electron chi connectivity index (χ0n) is 17.3. The molecule has 0 amide bonds. The van der Waals surface area contributed by atoms with Gasteiger partial charge in [-0.2, -0.15) is 0 Å². The van der Waals surface area contributed by atoms with Crippen LogP contribution in [0.3, 0.4) is 0 Å². The maximum Gasteiger partial charge on any atom is 0.303 e. The van der Waals surface area contributed by atoms with E-state index in [0.29, 0.717) is 6.42 Å². The van der Waals surface area contributed by atoms with Gasteiger partial charge in [0.25, 0.3) is 0 Å². The molecule has 3 aliphatic rings. The van der Waals surface area contributed by atoms with Crippen molar-refractivity contribution in [1.29, 1.82) is 0 Å². The lowest BCUT2D eigenvalue weighted by atomic mass is 9.69. The normalized spacial score (nSPS) is 26.4. The van der Waals surface area contributed by atoms with Crippen LogP contribution in [-0.4, -0.2) is 65.1 Å². The van der Waals surface area contributed by atoms with Gasteiger partial charge in [0, 0.05) is 31.4 Å². The molecule has 1 aromatic carbocycles. The third-order valence-electron chi connectivity index (χ3n) is 5.93. The molecule has 0 radical (unpaired) electrons. The molecule has 1 aromatic rings. The summed E-state index contributed by atoms with van der Waals surface area (Å²) in [7, 11) is 3.84. The Balaban J connectivity index is 0.000000244. The Kier molecular flexibility index (Phi) is 6.67. The van der Waals surface area contributed by atoms with Gasteiger partial charge in [-0.3, -0.25) is 9.59 Å². The van der Waals surface area contributed by atoms with Crippen LogP contribution in [0.15, 0.2) is 24.3 Å². The van der Waals surface area contributed by atoms with Crippen molar-refractivity contribution in [3.8, 4) is 11.5 Å². The van der Waals surface area contributed by atoms with Gasteiger partial charge >= 0.3 is 11.9 Å². The molecule has 164 valence electrons. The van der Waals surface area contributed by atoms with Crippen molar-refractivity contribution in [2.75, 3.05) is 20.7 Å². The Morgan fingerprint density at radius 1 is 1.27 bits per heavy atom. The highest BCUT2D eigenvalue weighted by Crippen LogP contribution is 2.55. The minimum absolute atomic E-state index is 0.00838. The van der Waals surface area contributed by atoms with Gasteiger partial charge in [-0.15, -0.1) is 0 Å². The summed E-state index contributed by atoms with van der Waals surface area (Å²) in [6.45, 7) is 1.96. The molecule has 4 rings (SSSR count). The molecule has 0 saturated carbocycles. The molecular weight excluding hydrogens is 390 g/mol. The van der Waals surface area contributed by atoms with Crippen molar-refractivity contribution in [3.63, 3.8) is 0 Å². The summed E-state index contributed by atoms with van der Waals surface area (Å²) in [6, 6.07) is 4.16. The fourth-order valence-electron chi connectivity index (χ4n) is 4.47. The molecule has 0 unspecified atom stereocenters. The smallest absolute Gasteiger partial charge is 0.303 e. The first-order chi connectivity index (χ1) is 14.3. The molecule has 1 spiro atoms. The van der Waals surface area contributed by atoms with Crippen LogP contribution >= 0.6 is 0 Å². The Morgan fingerprint density at radius 2 is 1.97 bits per heavy atom. The highest BCUT2D eigenvalue weighted by atomic mass is 16.5. The van der Waals surface area contributed by atoms with E-state index in [1.165, 1.54) is 11.1 Å². The Labute approximate surface area is 175 Å². The lowest BCUT2D eigenvalue weighted by Gasteiger charge is -2.35. The molecule has 3 N–H and O–H groups in total. The van der Waals surface area contributed by atoms with Crippen LogP contribution in [0.4, 0.5) is 0 Å². The van der Waals surface area contributed by atoms with Gasteiger partial charge in [-0.05, 0) is 38.1 Å². The molecular formula is C22H29NO7. The quantitative estimate of drug-likeness (QED) is 0.622. The van der Waals surface area contributed by atoms with Crippen molar-refractivity contribution in [3.05, 3.63) is 35.4 Å². The fraction of sp³-hybridized carbons (Fsp3) is 0.545. The molecule has 0 aromatic heterocycles. The number of ether oxygens (including phenoxy) is 2. The van der Waals surface area contributed by atoms with Crippen molar-refractivity contribution in [1.82, 2.24) is 4.90 Å². The minimum atomic E-state index is -0.948. The molecule has 8 nitrogen and oxygen atoms in total. The van der Waals surface area contributed by atoms with Gasteiger partial charge < -0.3 is 29.7 Å². The Bertz CT molecular complexity index is 823. The summed E-state index contributed by atoms with van der Waals surface area (Å²) in [5.74, 6) is -0.212. The van der Waals surface area contributed by atoms with E-state index in [1.807, 2.05) is 12.1 Å². The van der Waals surface area contributed by atoms with E-state index in [9.17, 15) is 14.7 Å². The summed E-state index contributed by atoms with van der Waals surface area (Å²) in [4.78, 5) is 21.9. The van der Waals surface area contributed by atoms with Crippen LogP contribution in [0.2, 0.25) is 0 Å². The number of hydrogen-bond acceptors (Lipinski definition) is 6. The second-order valence-corrected chi connectivity index (χ2v) is 8.07. The summed E-state index contributed by atoms with van der Waals surface area (Å²) in [5, 5.41) is 26.0. The largest absolute Gasteiger partial charge is 0.493 e. The van der Waals surface area contributed by atoms with Crippen molar-refractivity contribution in [2.24, 2.45) is 0 Å². The van der Waals surface area contributed by atoms with Crippen LogP contribution in [0.5, 0.6) is 11.5 Å². The third-order valence-corrected chi connectivity index (χ3v) is 5.93. The predicted octanol–water partition coefficient (Wildman–Crippen LogP) is 2.18. The maximum absolute atomic E-state index is 9.97. The van der Waals surface area contributed by atoms with Gasteiger partial charge in [0.2, 0.25) is 0 Å². The highest BCUT2D eigenvalue weighted by molar-refractivity contribution is 5.69. The van der Waals surface area contributed by atoms with Gasteiger partial charge in [-0.1, -0.05) is 18.2 Å². The molecule has 1 aliphatic carbocycles. The first kappa shape index (κ1) is 22.1. The second kappa shape index (κ2) is 9.06. The molecule has 0 bridgehead atoms. The average Bonchev–Trinajstić information content (AvgIpc) is 2.93. The summed E-state index contributed by atoms with van der Waals surface area (Å²) >= 11 is 0. The number of benzene rings is 1. The fourth-order valence-corrected chi connectivity index (χ4v) is 4.47. The molecule has 8 heteroatoms. The van der Waals surface area contributed by atoms with Gasteiger partial charge in [0.15, 0.2) is 11.5 Å². The number of methoxy groups -OCH3 is 1. The summed E-state index contributed by atoms with van der Waals surface area (Å²) in [6.07, 6.45) is 5.47. The number of carboxylic acid groups (broad SMARTS) is 2. The van der Waals surface area contributed by atoms with Gasteiger partial charge in [0.05, 0.1) is 18.6 Å². The average molecular weight is 419 g/mol. The standard InChI is InChI=1S/C17H21NO3.C5H8O4/c1-18-8-7-17-6-5-12(19)9-14(17)21-16-13(20-2)4-3-11(10-18)15(16)17;6-4(7)2-1-3-5(8)9/h3-6,12,14,19H,7-10H2,1-2H3;1-3H2,(H,6,7)(H,8,9)/t12-,14-,17-;/m0./s1. The Morgan fingerprint density at radius 3 is 2.60 bits per heavy atom. The molecule has 0 saturated heterocycles. The van der Waals surface area contributed by atoms with Gasteiger partial charge in [-0.25, -0.2) is 0 Å². The van der Waals surface area contributed by atoms with E-state index < -0.39 is 18.0 Å². The lowest BCUT2D eigenvalue weighted by molar-refractivity contribution is -0.138. The topological polar surface area (TPSA) is 117 Å². The number of aliphatic hydroxyl groups excluding tert-OH is 1. The first-order valence-electron chi connectivity index (χ1n) is 10.1. The number of carbonyl (C=O) groups is 2. The van der Waals surface area contributed by atoms with E-state index in [4.69, 9.17) is 19.7 Å². The molecule has 30 heavy (non-hydrogen) atoms. The SMILES string of the molecule is COc1ccc2c3c1O[C@H]1C[C@@H](O)C=C[C@@]31CCN(C)C2.O=C(O)CCCC(=O)O. The van der Waals surface area contributed by atoms with Crippen LogP contribution < -0.4 is 9.47 Å². The van der Waals surface area contributed by atoms with E-state index in [1.54, 1.807) is 7.11 Å². The van der Waals surface area contributed by atoms with Crippen molar-refractivity contribution in [2.45, 2.75) is 56.3 Å². The molecule has 2 heterocycles. The van der Waals surface area contributed by atoms with Crippen LogP contribution in [0.25, 0.3) is 0 Å². The van der Waals surface area contributed by atoms with E-state index >= 15 is 0 Å². The zero-order chi connectivity index (χ0) is 21.9. The molecule has 3 atom stereocenters. The predicted molar refractivity (Wildman–Crippen MR) is 109 cm³/mol. The monoisotopic (exact) mass is 419 g/mol. The van der Waals surface area contributed by atoms with E-state index in [0.717, 1.165) is 31.0 Å². The summed E-state index contributed by atoms with van der Waals surface area (Å²) in [5.41, 5.74) is 2.48. The molecule has 2 aliphatic heterocycles. The lowest BCUT2D eigenvalue weighted by Crippen LogP contribution is -2.42. The maximum atomic E-state index is 9.97. The minimum Gasteiger partial charge on any atom is -0.493 e. The first-order valence-corrected chi connectivity index (χ1v) is 10.1. The number of nitrogens with zero attached hydrogens (tertiary/aromatic N) is 1. The molecule has 0 fully saturated rings. The second-order valence-electron chi connectivity index (χ2n) is 8.07. The number of rotatable bonds is 5. The van der Waals surface area contributed by atoms with Crippen LogP contribution in [0.1, 0.15) is 43.2 Å². The summed E-state index contributed by atoms with van der Waals surface area (Å²) < 4.78 is 11.8. The van der Waals surface area contributed by atoms with Crippen molar-refractivity contribution < 1.29 is 34.4 Å². The number of carboxylic acids is 2. The number of aliphatic carboxylic acids is 2. The van der Waals surface area contributed by atoms with Crippen molar-refractivity contribution >= 4 is 11.9 Å². The van der Waals surface area contributed by atoms with E-state index in [-0.39, 0.29) is 30.8 Å². The van der Waals surface area contributed by atoms with Crippen LogP contribution in [0, 0.1) is 0 Å². The highest BCUT2D eigenvalue weighted by Gasteiger charge is 2.52. The number of aliphatic hydroxyl groups is 1. The van der Waals surface area contributed by atoms with Crippen LogP contribution in [-0.2, 0) is 21.5 Å². The third kappa shape index (κ3) is 4.44. The Hall–Kier alpha value is -2.58. The van der Waals surface area contributed by atoms with E-state index in [2.05, 4.69) is 24.1 Å². The zero-order valence-corrected chi connectivity index (χ0v) is 17.3. The van der Waals surface area contributed by atoms with Gasteiger partial charge in [0.1, 0.15) is 6.10 Å². The number of hydrogen-bond donors (Lipinski definition) is 3.